The molecule has 5 nitrogen and oxygen atoms in total. The Morgan fingerprint density at radius 3 is 1.53 bits per heavy atom. The molecule has 0 saturated heterocycles. The third-order valence-corrected chi connectivity index (χ3v) is 7.62. The van der Waals surface area contributed by atoms with Gasteiger partial charge in [-0.3, -0.25) is 4.79 Å². The van der Waals surface area contributed by atoms with Gasteiger partial charge in [0.05, 0.1) is 25.2 Å². The zero-order chi connectivity index (χ0) is 25.7. The number of aliphatic hydroxyl groups excluding tert-OH is 2. The Morgan fingerprint density at radius 1 is 0.765 bits per heavy atom. The van der Waals surface area contributed by atoms with E-state index in [0.717, 1.165) is 38.5 Å². The molecular formula is C29H58O5. The molecule has 0 unspecified atom stereocenters. The van der Waals surface area contributed by atoms with E-state index in [9.17, 15) is 20.1 Å². The Bertz CT molecular complexity index is 469. The van der Waals surface area contributed by atoms with Gasteiger partial charge in [-0.25, -0.2) is 0 Å². The number of unbranched alkanes of at least 4 members (excludes halogenated alkanes) is 13. The molecular weight excluding hydrogens is 428 g/mol. The predicted molar refractivity (Wildman–Crippen MR) is 142 cm³/mol. The van der Waals surface area contributed by atoms with Gasteiger partial charge in [0.1, 0.15) is 6.10 Å². The Balaban J connectivity index is 5.05. The first-order chi connectivity index (χ1) is 16.4. The first kappa shape index (κ1) is 33.4. The van der Waals surface area contributed by atoms with Crippen LogP contribution in [0.3, 0.4) is 0 Å². The van der Waals surface area contributed by atoms with E-state index in [2.05, 4.69) is 13.8 Å². The summed E-state index contributed by atoms with van der Waals surface area (Å²) in [7, 11) is 1.36. The normalized spacial score (nSPS) is 16.1. The van der Waals surface area contributed by atoms with Crippen molar-refractivity contribution in [3.05, 3.63) is 0 Å². The number of carbonyl (C=O) groups is 1. The van der Waals surface area contributed by atoms with Gasteiger partial charge >= 0.3 is 5.97 Å². The number of rotatable bonds is 24. The van der Waals surface area contributed by atoms with Crippen LogP contribution in [0, 0.1) is 11.8 Å². The Labute approximate surface area is 211 Å². The van der Waals surface area contributed by atoms with E-state index in [1.807, 2.05) is 6.92 Å². The fraction of sp³-hybridized carbons (Fsp3) is 0.966. The number of aliphatic hydroxyl groups is 3. The maximum Gasteiger partial charge on any atom is 0.308 e. The van der Waals surface area contributed by atoms with Crippen LogP contribution in [0.1, 0.15) is 143 Å². The van der Waals surface area contributed by atoms with Crippen LogP contribution in [-0.4, -0.2) is 46.7 Å². The lowest BCUT2D eigenvalue weighted by Gasteiger charge is -2.41. The van der Waals surface area contributed by atoms with E-state index < -0.39 is 24.2 Å². The largest absolute Gasteiger partial charge is 0.469 e. The van der Waals surface area contributed by atoms with Crippen LogP contribution in [0.2, 0.25) is 0 Å². The number of esters is 1. The van der Waals surface area contributed by atoms with Gasteiger partial charge in [-0.1, -0.05) is 117 Å². The lowest BCUT2D eigenvalue weighted by atomic mass is 9.71. The van der Waals surface area contributed by atoms with Gasteiger partial charge in [0.25, 0.3) is 0 Å². The molecule has 0 aliphatic rings. The molecule has 0 bridgehead atoms. The summed E-state index contributed by atoms with van der Waals surface area (Å²) in [6, 6.07) is 0. The van der Waals surface area contributed by atoms with Gasteiger partial charge in [0.15, 0.2) is 0 Å². The van der Waals surface area contributed by atoms with Crippen LogP contribution in [0.5, 0.6) is 0 Å². The van der Waals surface area contributed by atoms with Gasteiger partial charge in [0.2, 0.25) is 0 Å². The van der Waals surface area contributed by atoms with Crippen molar-refractivity contribution in [3.63, 3.8) is 0 Å². The van der Waals surface area contributed by atoms with E-state index >= 15 is 0 Å². The van der Waals surface area contributed by atoms with Gasteiger partial charge in [-0.05, 0) is 31.6 Å². The van der Waals surface area contributed by atoms with Crippen LogP contribution in [0.15, 0.2) is 0 Å². The standard InChI is InChI=1S/C29H58O5/c1-5-8-10-12-14-15-16-18-20-22-26(21-19-17-13-11-9-6-2)29(33,27(31)24-30)23-25(7-3)28(32)34-4/h25-27,30-31,33H,5-24H2,1-4H3/t25-,26-,27-,29-/m0/s1. The molecule has 0 saturated carbocycles. The lowest BCUT2D eigenvalue weighted by Crippen LogP contribution is -2.52. The van der Waals surface area contributed by atoms with Gasteiger partial charge in [-0.15, -0.1) is 0 Å². The summed E-state index contributed by atoms with van der Waals surface area (Å²) in [5.41, 5.74) is -1.48. The first-order valence-electron chi connectivity index (χ1n) is 14.5. The van der Waals surface area contributed by atoms with Gasteiger partial charge in [0, 0.05) is 0 Å². The van der Waals surface area contributed by atoms with Crippen LogP contribution in [0.25, 0.3) is 0 Å². The second-order valence-corrected chi connectivity index (χ2v) is 10.4. The topological polar surface area (TPSA) is 87.0 Å². The molecule has 204 valence electrons. The predicted octanol–water partition coefficient (Wildman–Crippen LogP) is 6.95. The molecule has 0 spiro atoms. The van der Waals surface area contributed by atoms with Crippen molar-refractivity contribution in [2.24, 2.45) is 11.8 Å². The molecule has 0 aromatic carbocycles. The molecule has 0 radical (unpaired) electrons. The van der Waals surface area contributed by atoms with Crippen LogP contribution >= 0.6 is 0 Å². The average Bonchev–Trinajstić information content (AvgIpc) is 2.85. The monoisotopic (exact) mass is 486 g/mol. The third kappa shape index (κ3) is 14.0. The number of hydrogen-bond acceptors (Lipinski definition) is 5. The minimum absolute atomic E-state index is 0.135. The van der Waals surface area contributed by atoms with Crippen molar-refractivity contribution in [2.45, 2.75) is 154 Å². The molecule has 0 fully saturated rings. The number of hydrogen-bond donors (Lipinski definition) is 3. The second-order valence-electron chi connectivity index (χ2n) is 10.4. The summed E-state index contributed by atoms with van der Waals surface area (Å²) in [6.07, 6.45) is 19.2. The highest BCUT2D eigenvalue weighted by Crippen LogP contribution is 2.37. The zero-order valence-electron chi connectivity index (χ0n) is 23.0. The molecule has 0 amide bonds. The van der Waals surface area contributed by atoms with Crippen molar-refractivity contribution < 1.29 is 24.9 Å². The highest BCUT2D eigenvalue weighted by Gasteiger charge is 2.45. The molecule has 34 heavy (non-hydrogen) atoms. The van der Waals surface area contributed by atoms with E-state index in [-0.39, 0.29) is 18.3 Å². The van der Waals surface area contributed by atoms with E-state index in [4.69, 9.17) is 4.74 Å². The Morgan fingerprint density at radius 2 is 1.18 bits per heavy atom. The average molecular weight is 487 g/mol. The van der Waals surface area contributed by atoms with Crippen molar-refractivity contribution in [1.82, 2.24) is 0 Å². The highest BCUT2D eigenvalue weighted by atomic mass is 16.5. The fourth-order valence-electron chi connectivity index (χ4n) is 5.21. The minimum atomic E-state index is -1.48. The van der Waals surface area contributed by atoms with E-state index in [1.165, 1.54) is 77.7 Å². The SMILES string of the molecule is CCCCCCCCCCC[C@H](CCCCCCCC)[C@@](O)(C[C@H](CC)C(=O)OC)[C@@H](O)CO. The summed E-state index contributed by atoms with van der Waals surface area (Å²) in [5, 5.41) is 32.2. The summed E-state index contributed by atoms with van der Waals surface area (Å²) in [4.78, 5) is 12.3. The molecule has 0 aromatic heterocycles. The van der Waals surface area contributed by atoms with E-state index in [1.54, 1.807) is 0 Å². The Hall–Kier alpha value is -0.650. The zero-order valence-corrected chi connectivity index (χ0v) is 23.0. The van der Waals surface area contributed by atoms with Gasteiger partial charge in [-0.2, -0.15) is 0 Å². The van der Waals surface area contributed by atoms with Crippen molar-refractivity contribution in [3.8, 4) is 0 Å². The molecule has 0 aliphatic carbocycles. The summed E-state index contributed by atoms with van der Waals surface area (Å²) in [5.74, 6) is -0.970. The van der Waals surface area contributed by atoms with Crippen molar-refractivity contribution in [1.29, 1.82) is 0 Å². The van der Waals surface area contributed by atoms with Crippen molar-refractivity contribution in [2.75, 3.05) is 13.7 Å². The maximum absolute atomic E-state index is 12.3. The van der Waals surface area contributed by atoms with Gasteiger partial charge < -0.3 is 20.1 Å². The third-order valence-electron chi connectivity index (χ3n) is 7.62. The molecule has 0 heterocycles. The second kappa shape index (κ2) is 21.6. The summed E-state index contributed by atoms with van der Waals surface area (Å²) < 4.78 is 4.94. The summed E-state index contributed by atoms with van der Waals surface area (Å²) in [6.45, 7) is 5.85. The highest BCUT2D eigenvalue weighted by molar-refractivity contribution is 5.72. The quantitative estimate of drug-likeness (QED) is 0.101. The number of methoxy groups -OCH3 is 1. The lowest BCUT2D eigenvalue weighted by molar-refractivity contribution is -0.163. The molecule has 0 aromatic rings. The van der Waals surface area contributed by atoms with E-state index in [0.29, 0.717) is 6.42 Å². The fourth-order valence-corrected chi connectivity index (χ4v) is 5.21. The summed E-state index contributed by atoms with van der Waals surface area (Å²) >= 11 is 0. The van der Waals surface area contributed by atoms with Crippen molar-refractivity contribution >= 4 is 5.97 Å². The molecule has 4 atom stereocenters. The molecule has 5 heteroatoms. The molecule has 0 aliphatic heterocycles. The van der Waals surface area contributed by atoms with Crippen LogP contribution in [0.4, 0.5) is 0 Å². The smallest absolute Gasteiger partial charge is 0.308 e. The molecule has 0 rings (SSSR count). The number of ether oxygens (including phenoxy) is 1. The Kier molecular flexibility index (Phi) is 21.2. The minimum Gasteiger partial charge on any atom is -0.469 e. The number of carbonyl (C=O) groups excluding carboxylic acids is 1. The molecule has 3 N–H and O–H groups in total. The van der Waals surface area contributed by atoms with Crippen LogP contribution < -0.4 is 0 Å². The first-order valence-corrected chi connectivity index (χ1v) is 14.5. The maximum atomic E-state index is 12.3. The van der Waals surface area contributed by atoms with Crippen LogP contribution in [-0.2, 0) is 9.53 Å².